The minimum absolute atomic E-state index is 0.0937. The lowest BCUT2D eigenvalue weighted by molar-refractivity contribution is -0.133. The summed E-state index contributed by atoms with van der Waals surface area (Å²) < 4.78 is 45.4. The first-order chi connectivity index (χ1) is 29.7. The van der Waals surface area contributed by atoms with Gasteiger partial charge in [0, 0.05) is 28.6 Å². The molecule has 3 aromatic carbocycles. The molecular formula is C48H61N5O9S. The molecule has 0 aliphatic rings. The van der Waals surface area contributed by atoms with Crippen LogP contribution in [-0.2, 0) is 29.1 Å². The van der Waals surface area contributed by atoms with Gasteiger partial charge in [-0.15, -0.1) is 6.58 Å². The lowest BCUT2D eigenvalue weighted by atomic mass is 9.86. The van der Waals surface area contributed by atoms with E-state index in [-0.39, 0.29) is 17.7 Å². The molecule has 63 heavy (non-hydrogen) atoms. The fourth-order valence-electron chi connectivity index (χ4n) is 6.56. The molecule has 0 aliphatic carbocycles. The normalized spacial score (nSPS) is 13.1. The number of pyridine rings is 1. The van der Waals surface area contributed by atoms with Crippen molar-refractivity contribution in [1.29, 1.82) is 0 Å². The Morgan fingerprint density at radius 1 is 0.825 bits per heavy atom. The Morgan fingerprint density at radius 2 is 1.54 bits per heavy atom. The number of methoxy groups -OCH3 is 1. The zero-order valence-corrected chi connectivity index (χ0v) is 38.3. The number of allylic oxidation sites excluding steroid dienone is 1. The molecule has 15 heteroatoms. The van der Waals surface area contributed by atoms with E-state index in [2.05, 4.69) is 33.8 Å². The van der Waals surface area contributed by atoms with Crippen molar-refractivity contribution >= 4 is 50.8 Å². The highest BCUT2D eigenvalue weighted by Crippen LogP contribution is 2.37. The second-order valence-electron chi connectivity index (χ2n) is 17.2. The number of nitrogens with zero attached hydrogens (tertiary/aromatic N) is 1. The van der Waals surface area contributed by atoms with Crippen molar-refractivity contribution in [2.24, 2.45) is 5.41 Å². The van der Waals surface area contributed by atoms with Gasteiger partial charge in [0.25, 0.3) is 5.91 Å². The van der Waals surface area contributed by atoms with Gasteiger partial charge in [0.05, 0.1) is 24.1 Å². The quantitative estimate of drug-likeness (QED) is 0.0494. The van der Waals surface area contributed by atoms with E-state index < -0.39 is 63.0 Å². The molecule has 1 heterocycles. The molecule has 4 N–H and O–H groups in total. The van der Waals surface area contributed by atoms with Crippen LogP contribution in [0.25, 0.3) is 28.2 Å². The first-order valence-electron chi connectivity index (χ1n) is 20.9. The molecule has 3 atom stereocenters. The highest BCUT2D eigenvalue weighted by molar-refractivity contribution is 7.90. The van der Waals surface area contributed by atoms with Crippen LogP contribution in [-0.4, -0.2) is 67.8 Å². The summed E-state index contributed by atoms with van der Waals surface area (Å²) in [6.07, 6.45) is 4.41. The molecule has 4 rings (SSSR count). The maximum Gasteiger partial charge on any atom is 0.408 e. The van der Waals surface area contributed by atoms with Crippen LogP contribution < -0.4 is 30.1 Å². The summed E-state index contributed by atoms with van der Waals surface area (Å²) in [7, 11) is -2.45. The molecule has 0 radical (unpaired) electrons. The fourth-order valence-corrected chi connectivity index (χ4v) is 7.69. The minimum atomic E-state index is -4.02. The Kier molecular flexibility index (Phi) is 17.0. The van der Waals surface area contributed by atoms with Crippen molar-refractivity contribution in [2.45, 2.75) is 104 Å². The highest BCUT2D eigenvalue weighted by atomic mass is 32.2. The summed E-state index contributed by atoms with van der Waals surface area (Å²) >= 11 is 0. The lowest BCUT2D eigenvalue weighted by Gasteiger charge is -2.33. The number of fused-ring (bicyclic) bond motifs is 1. The molecule has 0 bridgehead atoms. The molecular weight excluding hydrogens is 823 g/mol. The third-order valence-electron chi connectivity index (χ3n) is 9.73. The van der Waals surface area contributed by atoms with Gasteiger partial charge in [0.15, 0.2) is 0 Å². The number of nitrogens with one attached hydrogen (secondary N) is 4. The predicted octanol–water partition coefficient (Wildman–Crippen LogP) is 8.53. The molecule has 1 aromatic heterocycles. The Hall–Kier alpha value is -6.22. The third kappa shape index (κ3) is 14.4. The summed E-state index contributed by atoms with van der Waals surface area (Å²) in [6, 6.07) is 17.8. The van der Waals surface area contributed by atoms with E-state index in [4.69, 9.17) is 19.2 Å². The number of aromatic nitrogens is 1. The van der Waals surface area contributed by atoms with E-state index in [0.717, 1.165) is 5.56 Å². The van der Waals surface area contributed by atoms with Gasteiger partial charge in [0.2, 0.25) is 21.8 Å². The van der Waals surface area contributed by atoms with Crippen LogP contribution in [0.5, 0.6) is 17.2 Å². The van der Waals surface area contributed by atoms with Crippen LogP contribution in [0.15, 0.2) is 92.0 Å². The van der Waals surface area contributed by atoms with Crippen molar-refractivity contribution in [3.63, 3.8) is 0 Å². The lowest BCUT2D eigenvalue weighted by Crippen LogP contribution is -2.57. The van der Waals surface area contributed by atoms with Crippen LogP contribution in [0.3, 0.4) is 0 Å². The Labute approximate surface area is 371 Å². The molecule has 0 spiro atoms. The van der Waals surface area contributed by atoms with E-state index in [1.165, 1.54) is 6.08 Å². The molecule has 0 fully saturated rings. The van der Waals surface area contributed by atoms with Gasteiger partial charge in [-0.3, -0.25) is 19.1 Å². The number of ether oxygens (including phenoxy) is 3. The molecule has 338 valence electrons. The molecule has 0 saturated heterocycles. The number of hydrogen-bond donors (Lipinski definition) is 4. The molecule has 0 unspecified atom stereocenters. The van der Waals surface area contributed by atoms with Crippen LogP contribution in [0.4, 0.5) is 4.79 Å². The maximum absolute atomic E-state index is 14.5. The van der Waals surface area contributed by atoms with Gasteiger partial charge in [-0.2, -0.15) is 0 Å². The van der Waals surface area contributed by atoms with Crippen molar-refractivity contribution in [3.8, 4) is 28.5 Å². The Morgan fingerprint density at radius 3 is 2.16 bits per heavy atom. The zero-order chi connectivity index (χ0) is 46.5. The number of amides is 4. The van der Waals surface area contributed by atoms with E-state index in [0.29, 0.717) is 65.1 Å². The van der Waals surface area contributed by atoms with E-state index in [1.807, 2.05) is 48.5 Å². The first-order valence-corrected chi connectivity index (χ1v) is 22.6. The smallest absolute Gasteiger partial charge is 0.408 e. The second kappa shape index (κ2) is 21.7. The molecule has 4 aromatic rings. The van der Waals surface area contributed by atoms with Crippen molar-refractivity contribution in [1.82, 2.24) is 25.7 Å². The van der Waals surface area contributed by atoms with Gasteiger partial charge in [0.1, 0.15) is 41.0 Å². The number of unbranched alkanes of at least 4 members (excludes halogenated alkanes) is 2. The number of hydrogen-bond acceptors (Lipinski definition) is 10. The van der Waals surface area contributed by atoms with Crippen LogP contribution >= 0.6 is 0 Å². The van der Waals surface area contributed by atoms with Crippen molar-refractivity contribution in [2.75, 3.05) is 12.9 Å². The van der Waals surface area contributed by atoms with E-state index in [9.17, 15) is 27.6 Å². The average molecular weight is 884 g/mol. The zero-order valence-electron chi connectivity index (χ0n) is 37.5. The SMILES string of the molecule is C=CCCCCS(=O)(=O)NC(=O)[C@H](CCC)NC(=O)[C@H](NC(=O)[C@@H](NC(=O)OC(C)(C)C)C(C)(C)C)c1ccc(Oc2cc(-c3ccccc3)nc3cc(OC)ccc23)c(C=C)c1. The number of rotatable bonds is 20. The summed E-state index contributed by atoms with van der Waals surface area (Å²) in [5.74, 6) is -1.27. The number of carbonyl (C=O) groups is 4. The van der Waals surface area contributed by atoms with Gasteiger partial charge < -0.3 is 30.2 Å². The second-order valence-corrected chi connectivity index (χ2v) is 19.0. The largest absolute Gasteiger partial charge is 0.497 e. The summed E-state index contributed by atoms with van der Waals surface area (Å²) in [5, 5.41) is 8.82. The van der Waals surface area contributed by atoms with Gasteiger partial charge in [-0.05, 0) is 81.7 Å². The minimum Gasteiger partial charge on any atom is -0.497 e. The highest BCUT2D eigenvalue weighted by Gasteiger charge is 2.37. The van der Waals surface area contributed by atoms with Crippen LogP contribution in [0.2, 0.25) is 0 Å². The Balaban J connectivity index is 1.76. The Bertz CT molecular complexity index is 2390. The summed E-state index contributed by atoms with van der Waals surface area (Å²) in [4.78, 5) is 60.0. The number of benzene rings is 3. The number of sulfonamides is 1. The first kappa shape index (κ1) is 49.4. The van der Waals surface area contributed by atoms with Crippen molar-refractivity contribution < 1.29 is 41.8 Å². The van der Waals surface area contributed by atoms with Crippen molar-refractivity contribution in [3.05, 3.63) is 103 Å². The molecule has 0 saturated carbocycles. The number of carbonyl (C=O) groups excluding carboxylic acids is 4. The monoisotopic (exact) mass is 883 g/mol. The number of alkyl carbamates (subject to hydrolysis) is 1. The predicted molar refractivity (Wildman–Crippen MR) is 247 cm³/mol. The molecule has 14 nitrogen and oxygen atoms in total. The summed E-state index contributed by atoms with van der Waals surface area (Å²) in [5.41, 5.74) is 1.14. The maximum atomic E-state index is 14.5. The van der Waals surface area contributed by atoms with Gasteiger partial charge >= 0.3 is 6.09 Å². The third-order valence-corrected chi connectivity index (χ3v) is 11.1. The average Bonchev–Trinajstić information content (AvgIpc) is 3.22. The van der Waals surface area contributed by atoms with Crippen LogP contribution in [0.1, 0.15) is 97.7 Å². The molecule has 0 aliphatic heterocycles. The van der Waals surface area contributed by atoms with E-state index >= 15 is 0 Å². The topological polar surface area (TPSA) is 191 Å². The fraction of sp³-hybridized carbons (Fsp3) is 0.396. The standard InChI is InChI=1S/C48H61N5O9S/c1-11-14-15-19-27-63(58,59)53-43(54)36(20-12-2)50-44(55)41(51-45(56)42(47(4,5)6)52-46(57)62-48(7,8)9)33-23-26-39(31(13-3)28-33)61-40-30-37(32-21-17-16-18-22-32)49-38-29-34(60-10)24-25-35(38)40/h11,13,16-18,21-26,28-30,36,41-42H,1,3,12,14-15,19-20,27H2,2,4-10H3,(H,50,55)(H,51,56)(H,52,57)(H,53,54)/t36-,41+,42+/m0/s1. The van der Waals surface area contributed by atoms with Crippen LogP contribution in [0, 0.1) is 5.41 Å². The van der Waals surface area contributed by atoms with Gasteiger partial charge in [-0.1, -0.05) is 89.2 Å². The summed E-state index contributed by atoms with van der Waals surface area (Å²) in [6.45, 7) is 19.7. The molecule has 4 amide bonds. The van der Waals surface area contributed by atoms with Gasteiger partial charge in [-0.25, -0.2) is 18.2 Å². The van der Waals surface area contributed by atoms with E-state index in [1.54, 1.807) is 85.9 Å².